The average Bonchev–Trinajstić information content (AvgIpc) is 2.78. The van der Waals surface area contributed by atoms with Crippen molar-refractivity contribution in [3.05, 3.63) is 71.8 Å². The maximum Gasteiger partial charge on any atom is 0.228 e. The standard InChI is InChI=1S/C16H13NO/c1-11(12-5-3-2-4-6-12)13-7-8-14-10-16(18)17-15(14)9-13/h2-9H,1,10H2,(H,17,18). The van der Waals surface area contributed by atoms with E-state index in [1.54, 1.807) is 0 Å². The minimum atomic E-state index is 0.0625. The molecule has 2 heteroatoms. The second kappa shape index (κ2) is 4.15. The quantitative estimate of drug-likeness (QED) is 0.850. The monoisotopic (exact) mass is 235 g/mol. The first-order valence-electron chi connectivity index (χ1n) is 5.91. The first-order chi connectivity index (χ1) is 8.74. The highest BCUT2D eigenvalue weighted by Crippen LogP contribution is 2.29. The van der Waals surface area contributed by atoms with Gasteiger partial charge in [-0.25, -0.2) is 0 Å². The van der Waals surface area contributed by atoms with E-state index in [0.717, 1.165) is 28.0 Å². The van der Waals surface area contributed by atoms with Gasteiger partial charge in [0.2, 0.25) is 5.91 Å². The summed E-state index contributed by atoms with van der Waals surface area (Å²) in [4.78, 5) is 11.3. The Morgan fingerprint density at radius 1 is 1.06 bits per heavy atom. The van der Waals surface area contributed by atoms with Crippen LogP contribution in [0.3, 0.4) is 0 Å². The first kappa shape index (κ1) is 10.8. The van der Waals surface area contributed by atoms with Crippen LogP contribution in [0.4, 0.5) is 5.69 Å². The summed E-state index contributed by atoms with van der Waals surface area (Å²) in [6.07, 6.45) is 0.480. The van der Waals surface area contributed by atoms with Crippen molar-refractivity contribution in [1.82, 2.24) is 0 Å². The zero-order valence-corrected chi connectivity index (χ0v) is 9.94. The lowest BCUT2D eigenvalue weighted by Gasteiger charge is -2.08. The summed E-state index contributed by atoms with van der Waals surface area (Å²) in [5, 5.41) is 2.86. The number of amides is 1. The summed E-state index contributed by atoms with van der Waals surface area (Å²) in [5.74, 6) is 0.0625. The van der Waals surface area contributed by atoms with Gasteiger partial charge < -0.3 is 5.32 Å². The van der Waals surface area contributed by atoms with Crippen molar-refractivity contribution in [2.45, 2.75) is 6.42 Å². The van der Waals surface area contributed by atoms with Crippen molar-refractivity contribution in [2.24, 2.45) is 0 Å². The van der Waals surface area contributed by atoms with Gasteiger partial charge in [0.05, 0.1) is 6.42 Å². The molecule has 0 bridgehead atoms. The molecular formula is C16H13NO. The summed E-state index contributed by atoms with van der Waals surface area (Å²) in [6, 6.07) is 16.1. The van der Waals surface area contributed by atoms with E-state index in [9.17, 15) is 4.79 Å². The van der Waals surface area contributed by atoms with Gasteiger partial charge in [0.25, 0.3) is 0 Å². The summed E-state index contributed by atoms with van der Waals surface area (Å²) >= 11 is 0. The minimum absolute atomic E-state index is 0.0625. The normalized spacial score (nSPS) is 13.0. The maximum absolute atomic E-state index is 11.3. The molecule has 2 nitrogen and oxygen atoms in total. The fraction of sp³-hybridized carbons (Fsp3) is 0.0625. The van der Waals surface area contributed by atoms with Crippen molar-refractivity contribution in [3.8, 4) is 0 Å². The van der Waals surface area contributed by atoms with E-state index in [-0.39, 0.29) is 5.91 Å². The predicted octanol–water partition coefficient (Wildman–Crippen LogP) is 3.24. The van der Waals surface area contributed by atoms with E-state index < -0.39 is 0 Å². The molecule has 2 aromatic rings. The van der Waals surface area contributed by atoms with Crippen LogP contribution < -0.4 is 5.32 Å². The Kier molecular flexibility index (Phi) is 2.49. The van der Waals surface area contributed by atoms with E-state index in [1.807, 2.05) is 48.5 Å². The van der Waals surface area contributed by atoms with Crippen LogP contribution in [0.15, 0.2) is 55.1 Å². The van der Waals surface area contributed by atoms with Gasteiger partial charge in [-0.15, -0.1) is 0 Å². The number of fused-ring (bicyclic) bond motifs is 1. The number of nitrogens with one attached hydrogen (secondary N) is 1. The lowest BCUT2D eigenvalue weighted by molar-refractivity contribution is -0.115. The minimum Gasteiger partial charge on any atom is -0.326 e. The summed E-state index contributed by atoms with van der Waals surface area (Å²) < 4.78 is 0. The van der Waals surface area contributed by atoms with Gasteiger partial charge in [0, 0.05) is 5.69 Å². The van der Waals surface area contributed by atoms with Crippen molar-refractivity contribution < 1.29 is 4.79 Å². The number of carbonyl (C=O) groups is 1. The maximum atomic E-state index is 11.3. The molecule has 1 heterocycles. The molecule has 88 valence electrons. The highest BCUT2D eigenvalue weighted by atomic mass is 16.1. The zero-order valence-electron chi connectivity index (χ0n) is 9.94. The lowest BCUT2D eigenvalue weighted by Crippen LogP contribution is -2.03. The van der Waals surface area contributed by atoms with Crippen LogP contribution in [0.2, 0.25) is 0 Å². The van der Waals surface area contributed by atoms with Crippen LogP contribution in [-0.4, -0.2) is 5.91 Å². The number of anilines is 1. The predicted molar refractivity (Wildman–Crippen MR) is 73.4 cm³/mol. The zero-order chi connectivity index (χ0) is 12.5. The summed E-state index contributed by atoms with van der Waals surface area (Å²) in [7, 11) is 0. The van der Waals surface area contributed by atoms with Crippen LogP contribution >= 0.6 is 0 Å². The van der Waals surface area contributed by atoms with Crippen molar-refractivity contribution in [3.63, 3.8) is 0 Å². The van der Waals surface area contributed by atoms with Crippen LogP contribution in [0.5, 0.6) is 0 Å². The van der Waals surface area contributed by atoms with Crippen molar-refractivity contribution in [1.29, 1.82) is 0 Å². The molecule has 0 saturated carbocycles. The van der Waals surface area contributed by atoms with E-state index in [1.165, 1.54) is 0 Å². The Labute approximate surface area is 106 Å². The van der Waals surface area contributed by atoms with Crippen LogP contribution in [0.25, 0.3) is 5.57 Å². The molecule has 2 aromatic carbocycles. The Morgan fingerprint density at radius 2 is 1.83 bits per heavy atom. The third-order valence-corrected chi connectivity index (χ3v) is 3.21. The summed E-state index contributed by atoms with van der Waals surface area (Å²) in [5.41, 5.74) is 5.09. The Morgan fingerprint density at radius 3 is 2.61 bits per heavy atom. The van der Waals surface area contributed by atoms with E-state index in [0.29, 0.717) is 6.42 Å². The first-order valence-corrected chi connectivity index (χ1v) is 5.91. The molecule has 0 spiro atoms. The van der Waals surface area contributed by atoms with Gasteiger partial charge in [0.1, 0.15) is 0 Å². The Balaban J connectivity index is 1.97. The van der Waals surface area contributed by atoms with Gasteiger partial charge in [-0.1, -0.05) is 49.0 Å². The second-order valence-electron chi connectivity index (χ2n) is 4.44. The lowest BCUT2D eigenvalue weighted by atomic mass is 9.98. The van der Waals surface area contributed by atoms with E-state index >= 15 is 0 Å². The molecule has 1 N–H and O–H groups in total. The molecule has 1 amide bonds. The van der Waals surface area contributed by atoms with Gasteiger partial charge in [-0.3, -0.25) is 4.79 Å². The molecule has 0 unspecified atom stereocenters. The largest absolute Gasteiger partial charge is 0.326 e. The average molecular weight is 235 g/mol. The third kappa shape index (κ3) is 1.82. The van der Waals surface area contributed by atoms with Crippen molar-refractivity contribution in [2.75, 3.05) is 5.32 Å². The van der Waals surface area contributed by atoms with Crippen LogP contribution in [0.1, 0.15) is 16.7 Å². The molecule has 0 aromatic heterocycles. The molecule has 1 aliphatic rings. The molecule has 3 rings (SSSR count). The highest BCUT2D eigenvalue weighted by Gasteiger charge is 2.17. The molecule has 0 radical (unpaired) electrons. The number of hydrogen-bond acceptors (Lipinski definition) is 1. The van der Waals surface area contributed by atoms with Gasteiger partial charge in [0.15, 0.2) is 0 Å². The molecule has 0 saturated heterocycles. The third-order valence-electron chi connectivity index (χ3n) is 3.21. The van der Waals surface area contributed by atoms with Gasteiger partial charge in [-0.2, -0.15) is 0 Å². The molecule has 0 atom stereocenters. The number of hydrogen-bond donors (Lipinski definition) is 1. The number of benzene rings is 2. The Hall–Kier alpha value is -2.35. The molecule has 0 aliphatic carbocycles. The van der Waals surface area contributed by atoms with Crippen LogP contribution in [-0.2, 0) is 11.2 Å². The number of rotatable bonds is 2. The van der Waals surface area contributed by atoms with E-state index in [4.69, 9.17) is 0 Å². The van der Waals surface area contributed by atoms with Crippen LogP contribution in [0, 0.1) is 0 Å². The molecular weight excluding hydrogens is 222 g/mol. The summed E-state index contributed by atoms with van der Waals surface area (Å²) in [6.45, 7) is 4.13. The second-order valence-corrected chi connectivity index (χ2v) is 4.44. The fourth-order valence-electron chi connectivity index (χ4n) is 2.21. The molecule has 18 heavy (non-hydrogen) atoms. The topological polar surface area (TPSA) is 29.1 Å². The van der Waals surface area contributed by atoms with E-state index in [2.05, 4.69) is 11.9 Å². The van der Waals surface area contributed by atoms with Crippen molar-refractivity contribution >= 4 is 17.2 Å². The SMILES string of the molecule is C=C(c1ccccc1)c1ccc2c(c1)NC(=O)C2. The fourth-order valence-corrected chi connectivity index (χ4v) is 2.21. The number of carbonyl (C=O) groups excluding carboxylic acids is 1. The smallest absolute Gasteiger partial charge is 0.228 e. The molecule has 1 aliphatic heterocycles. The molecule has 0 fully saturated rings. The van der Waals surface area contributed by atoms with Gasteiger partial charge in [-0.05, 0) is 28.3 Å². The highest BCUT2D eigenvalue weighted by molar-refractivity contribution is 6.00. The van der Waals surface area contributed by atoms with Gasteiger partial charge >= 0.3 is 0 Å². The Bertz CT molecular complexity index is 629.